The van der Waals surface area contributed by atoms with E-state index in [4.69, 9.17) is 9.26 Å². The van der Waals surface area contributed by atoms with Crippen molar-refractivity contribution in [1.82, 2.24) is 15.0 Å². The van der Waals surface area contributed by atoms with Crippen LogP contribution in [-0.2, 0) is 11.3 Å². The maximum Gasteiger partial charge on any atom is 0.241 e. The molecule has 0 bridgehead atoms. The van der Waals surface area contributed by atoms with E-state index in [0.29, 0.717) is 24.4 Å². The van der Waals surface area contributed by atoms with Gasteiger partial charge in [-0.05, 0) is 75.9 Å². The molecule has 2 heterocycles. The lowest BCUT2D eigenvalue weighted by Gasteiger charge is -2.30. The smallest absolute Gasteiger partial charge is 0.241 e. The minimum atomic E-state index is 0.0123. The molecule has 0 radical (unpaired) electrons. The van der Waals surface area contributed by atoms with Gasteiger partial charge in [-0.1, -0.05) is 35.5 Å². The van der Waals surface area contributed by atoms with E-state index in [2.05, 4.69) is 20.4 Å². The minimum absolute atomic E-state index is 0.0123. The van der Waals surface area contributed by atoms with Crippen LogP contribution < -0.4 is 10.1 Å². The number of rotatable bonds is 7. The highest BCUT2D eigenvalue weighted by molar-refractivity contribution is 5.92. The number of carbonyl (C=O) groups excluding carboxylic acids is 1. The Morgan fingerprint density at radius 2 is 1.73 bits per heavy atom. The van der Waals surface area contributed by atoms with Crippen molar-refractivity contribution in [3.8, 4) is 17.1 Å². The van der Waals surface area contributed by atoms with Crippen LogP contribution in [0, 0.1) is 5.92 Å². The quantitative estimate of drug-likeness (QED) is 0.556. The largest absolute Gasteiger partial charge is 0.490 e. The zero-order chi connectivity index (χ0) is 22.5. The van der Waals surface area contributed by atoms with E-state index in [-0.39, 0.29) is 11.8 Å². The molecule has 172 valence electrons. The normalized spacial score (nSPS) is 17.8. The molecule has 5 rings (SSSR count). The number of amides is 1. The lowest BCUT2D eigenvalue weighted by Crippen LogP contribution is -2.37. The summed E-state index contributed by atoms with van der Waals surface area (Å²) < 4.78 is 11.4. The van der Waals surface area contributed by atoms with Crippen molar-refractivity contribution in [3.63, 3.8) is 0 Å². The van der Waals surface area contributed by atoms with Crippen LogP contribution in [0.3, 0.4) is 0 Å². The Labute approximate surface area is 194 Å². The minimum Gasteiger partial charge on any atom is -0.490 e. The van der Waals surface area contributed by atoms with Gasteiger partial charge in [0.2, 0.25) is 17.6 Å². The fourth-order valence-corrected chi connectivity index (χ4v) is 4.63. The second-order valence-corrected chi connectivity index (χ2v) is 8.97. The summed E-state index contributed by atoms with van der Waals surface area (Å²) in [4.78, 5) is 19.5. The molecule has 0 spiro atoms. The highest BCUT2D eigenvalue weighted by atomic mass is 16.5. The van der Waals surface area contributed by atoms with Gasteiger partial charge >= 0.3 is 0 Å². The van der Waals surface area contributed by atoms with Crippen LogP contribution in [0.15, 0.2) is 59.1 Å². The van der Waals surface area contributed by atoms with Gasteiger partial charge in [0.05, 0.1) is 12.6 Å². The SMILES string of the molecule is O=C(Nc1ccc(OC2CCCC2)cc1)C1CCN(Cc2nc(-c3ccccc3)no2)CC1. The lowest BCUT2D eigenvalue weighted by atomic mass is 9.96. The Morgan fingerprint density at radius 1 is 1.00 bits per heavy atom. The number of benzene rings is 2. The number of nitrogens with zero attached hydrogens (tertiary/aromatic N) is 3. The third-order valence-electron chi connectivity index (χ3n) is 6.54. The number of anilines is 1. The predicted octanol–water partition coefficient (Wildman–Crippen LogP) is 4.91. The molecule has 1 saturated carbocycles. The second kappa shape index (κ2) is 10.2. The molecule has 7 nitrogen and oxygen atoms in total. The highest BCUT2D eigenvalue weighted by Gasteiger charge is 2.26. The van der Waals surface area contributed by atoms with Crippen molar-refractivity contribution >= 4 is 11.6 Å². The summed E-state index contributed by atoms with van der Waals surface area (Å²) >= 11 is 0. The zero-order valence-corrected chi connectivity index (χ0v) is 18.8. The first-order chi connectivity index (χ1) is 16.2. The molecule has 1 N–H and O–H groups in total. The Morgan fingerprint density at radius 3 is 2.45 bits per heavy atom. The standard InChI is InChI=1S/C26H30N4O3/c31-26(27-21-10-12-23(13-11-21)32-22-8-4-5-9-22)20-14-16-30(17-15-20)18-24-28-25(29-33-24)19-6-2-1-3-7-19/h1-3,6-7,10-13,20,22H,4-5,8-9,14-18H2,(H,27,31). The molecule has 1 aliphatic carbocycles. The maximum absolute atomic E-state index is 12.8. The molecule has 0 atom stereocenters. The molecule has 1 saturated heterocycles. The van der Waals surface area contributed by atoms with Crippen molar-refractivity contribution in [2.75, 3.05) is 18.4 Å². The van der Waals surface area contributed by atoms with Crippen LogP contribution in [0.2, 0.25) is 0 Å². The van der Waals surface area contributed by atoms with E-state index in [1.165, 1.54) is 12.8 Å². The molecule has 2 fully saturated rings. The summed E-state index contributed by atoms with van der Waals surface area (Å²) in [5.41, 5.74) is 1.77. The van der Waals surface area contributed by atoms with Crippen molar-refractivity contribution < 1.29 is 14.1 Å². The van der Waals surface area contributed by atoms with Crippen LogP contribution in [-0.4, -0.2) is 40.1 Å². The summed E-state index contributed by atoms with van der Waals surface area (Å²) in [7, 11) is 0. The summed E-state index contributed by atoms with van der Waals surface area (Å²) in [6, 6.07) is 17.6. The average molecular weight is 447 g/mol. The van der Waals surface area contributed by atoms with Crippen molar-refractivity contribution in [3.05, 3.63) is 60.5 Å². The summed E-state index contributed by atoms with van der Waals surface area (Å²) in [5, 5.41) is 7.16. The number of likely N-dealkylation sites (tertiary alicyclic amines) is 1. The van der Waals surface area contributed by atoms with Gasteiger partial charge in [0, 0.05) is 17.2 Å². The number of aromatic nitrogens is 2. The Balaban J connectivity index is 1.08. The molecule has 7 heteroatoms. The van der Waals surface area contributed by atoms with Crippen molar-refractivity contribution in [2.45, 2.75) is 51.2 Å². The molecule has 3 aromatic rings. The van der Waals surface area contributed by atoms with Crippen LogP contribution in [0.1, 0.15) is 44.4 Å². The Hall–Kier alpha value is -3.19. The first-order valence-corrected chi connectivity index (χ1v) is 11.9. The molecule has 2 aromatic carbocycles. The molecular weight excluding hydrogens is 416 g/mol. The van der Waals surface area contributed by atoms with Gasteiger partial charge in [0.25, 0.3) is 0 Å². The van der Waals surface area contributed by atoms with Crippen LogP contribution in [0.5, 0.6) is 5.75 Å². The van der Waals surface area contributed by atoms with Gasteiger partial charge in [0.15, 0.2) is 0 Å². The van der Waals surface area contributed by atoms with Gasteiger partial charge in [-0.25, -0.2) is 0 Å². The summed E-state index contributed by atoms with van der Waals surface area (Å²) in [6.45, 7) is 2.27. The molecule has 33 heavy (non-hydrogen) atoms. The van der Waals surface area contributed by atoms with Crippen molar-refractivity contribution in [2.24, 2.45) is 5.92 Å². The van der Waals surface area contributed by atoms with E-state index in [1.54, 1.807) is 0 Å². The Bertz CT molecular complexity index is 1040. The molecular formula is C26H30N4O3. The number of ether oxygens (including phenoxy) is 1. The van der Waals surface area contributed by atoms with Gasteiger partial charge < -0.3 is 14.6 Å². The molecule has 0 unspecified atom stereocenters. The van der Waals surface area contributed by atoms with E-state index in [9.17, 15) is 4.79 Å². The number of piperidine rings is 1. The molecule has 1 aromatic heterocycles. The first-order valence-electron chi connectivity index (χ1n) is 11.9. The van der Waals surface area contributed by atoms with Crippen LogP contribution in [0.4, 0.5) is 5.69 Å². The second-order valence-electron chi connectivity index (χ2n) is 8.97. The molecule has 1 amide bonds. The third-order valence-corrected chi connectivity index (χ3v) is 6.54. The Kier molecular flexibility index (Phi) is 6.67. The number of hydrogen-bond acceptors (Lipinski definition) is 6. The maximum atomic E-state index is 12.8. The molecule has 1 aliphatic heterocycles. The third kappa shape index (κ3) is 5.60. The summed E-state index contributed by atoms with van der Waals surface area (Å²) in [6.07, 6.45) is 6.74. The van der Waals surface area contributed by atoms with Gasteiger partial charge in [-0.3, -0.25) is 9.69 Å². The van der Waals surface area contributed by atoms with E-state index >= 15 is 0 Å². The molecule has 2 aliphatic rings. The van der Waals surface area contributed by atoms with Gasteiger partial charge in [0.1, 0.15) is 5.75 Å². The number of nitrogens with one attached hydrogen (secondary N) is 1. The number of hydrogen-bond donors (Lipinski definition) is 1. The van der Waals surface area contributed by atoms with Crippen LogP contribution >= 0.6 is 0 Å². The monoisotopic (exact) mass is 446 g/mol. The van der Waals surface area contributed by atoms with Gasteiger partial charge in [-0.15, -0.1) is 0 Å². The van der Waals surface area contributed by atoms with Crippen molar-refractivity contribution in [1.29, 1.82) is 0 Å². The summed E-state index contributed by atoms with van der Waals surface area (Å²) in [5.74, 6) is 2.20. The number of carbonyl (C=O) groups is 1. The van der Waals surface area contributed by atoms with Crippen LogP contribution in [0.25, 0.3) is 11.4 Å². The van der Waals surface area contributed by atoms with E-state index in [0.717, 1.165) is 55.8 Å². The van der Waals surface area contributed by atoms with Gasteiger partial charge in [-0.2, -0.15) is 4.98 Å². The predicted molar refractivity (Wildman–Crippen MR) is 126 cm³/mol. The zero-order valence-electron chi connectivity index (χ0n) is 18.8. The highest BCUT2D eigenvalue weighted by Crippen LogP contribution is 2.26. The van der Waals surface area contributed by atoms with E-state index < -0.39 is 0 Å². The topological polar surface area (TPSA) is 80.5 Å². The van der Waals surface area contributed by atoms with E-state index in [1.807, 2.05) is 54.6 Å². The fraction of sp³-hybridized carbons (Fsp3) is 0.423. The fourth-order valence-electron chi connectivity index (χ4n) is 4.63. The average Bonchev–Trinajstić information content (AvgIpc) is 3.54. The lowest BCUT2D eigenvalue weighted by molar-refractivity contribution is -0.121. The first kappa shape index (κ1) is 21.6.